The zero-order valence-corrected chi connectivity index (χ0v) is 15.0. The lowest BCUT2D eigenvalue weighted by Gasteiger charge is -2.53. The fourth-order valence-corrected chi connectivity index (χ4v) is 5.57. The molecule has 1 saturated heterocycles. The molecule has 1 fully saturated rings. The number of amides is 1. The van der Waals surface area contributed by atoms with Crippen molar-refractivity contribution in [1.29, 1.82) is 0 Å². The highest BCUT2D eigenvalue weighted by Gasteiger charge is 2.50. The molecule has 0 unspecified atom stereocenters. The number of hydrogen-bond donors (Lipinski definition) is 1. The first-order valence-corrected chi connectivity index (χ1v) is 9.52. The van der Waals surface area contributed by atoms with E-state index in [2.05, 4.69) is 52.0 Å². The van der Waals surface area contributed by atoms with E-state index in [4.69, 9.17) is 0 Å². The van der Waals surface area contributed by atoms with Crippen LogP contribution in [0.2, 0.25) is 0 Å². The molecular weight excluding hydrogens is 310 g/mol. The van der Waals surface area contributed by atoms with E-state index >= 15 is 0 Å². The van der Waals surface area contributed by atoms with Crippen LogP contribution in [0.5, 0.6) is 0 Å². The average Bonchev–Trinajstić information content (AvgIpc) is 3.01. The molecule has 4 nitrogen and oxygen atoms in total. The van der Waals surface area contributed by atoms with Crippen LogP contribution in [0.1, 0.15) is 43.5 Å². The highest BCUT2D eigenvalue weighted by atomic mass is 16.2. The lowest BCUT2D eigenvalue weighted by molar-refractivity contribution is -0.115. The number of hydrogen-bond acceptors (Lipinski definition) is 2. The summed E-state index contributed by atoms with van der Waals surface area (Å²) in [6, 6.07) is 9.00. The van der Waals surface area contributed by atoms with Crippen LogP contribution < -0.4 is 5.32 Å². The molecule has 1 aromatic heterocycles. The van der Waals surface area contributed by atoms with Crippen LogP contribution >= 0.6 is 0 Å². The minimum atomic E-state index is 0.0255. The second kappa shape index (κ2) is 5.21. The van der Waals surface area contributed by atoms with Gasteiger partial charge >= 0.3 is 0 Å². The van der Waals surface area contributed by atoms with Gasteiger partial charge < -0.3 is 9.88 Å². The van der Waals surface area contributed by atoms with Crippen molar-refractivity contribution in [3.05, 3.63) is 41.6 Å². The van der Waals surface area contributed by atoms with Gasteiger partial charge in [-0.2, -0.15) is 0 Å². The number of para-hydroxylation sites is 1. The minimum Gasteiger partial charge on any atom is -0.354 e. The predicted molar refractivity (Wildman–Crippen MR) is 100 cm³/mol. The molecule has 0 radical (unpaired) electrons. The summed E-state index contributed by atoms with van der Waals surface area (Å²) < 4.78 is 2.26. The van der Waals surface area contributed by atoms with Gasteiger partial charge in [0.1, 0.15) is 5.70 Å². The molecule has 2 aromatic rings. The number of rotatable bonds is 2. The highest BCUT2D eigenvalue weighted by Crippen LogP contribution is 2.56. The van der Waals surface area contributed by atoms with Gasteiger partial charge in [-0.1, -0.05) is 25.1 Å². The summed E-state index contributed by atoms with van der Waals surface area (Å²) in [5.41, 5.74) is 4.93. The van der Waals surface area contributed by atoms with Gasteiger partial charge in [-0.15, -0.1) is 0 Å². The normalized spacial score (nSPS) is 27.8. The Morgan fingerprint density at radius 3 is 2.96 bits per heavy atom. The van der Waals surface area contributed by atoms with E-state index in [1.807, 2.05) is 0 Å². The molecule has 1 aromatic carbocycles. The molecule has 2 atom stereocenters. The number of nitrogens with one attached hydrogen (secondary N) is 1. The first-order valence-electron chi connectivity index (χ1n) is 9.52. The van der Waals surface area contributed by atoms with Gasteiger partial charge in [-0.3, -0.25) is 9.69 Å². The predicted octanol–water partition coefficient (Wildman–Crippen LogP) is 3.33. The molecule has 1 N–H and O–H groups in total. The third kappa shape index (κ3) is 1.83. The zero-order chi connectivity index (χ0) is 17.2. The monoisotopic (exact) mass is 335 g/mol. The van der Waals surface area contributed by atoms with E-state index in [1.165, 1.54) is 41.5 Å². The molecule has 4 heterocycles. The van der Waals surface area contributed by atoms with E-state index < -0.39 is 0 Å². The second-order valence-corrected chi connectivity index (χ2v) is 7.70. The van der Waals surface area contributed by atoms with Crippen molar-refractivity contribution in [2.45, 2.75) is 38.6 Å². The van der Waals surface area contributed by atoms with Gasteiger partial charge in [0.15, 0.2) is 0 Å². The van der Waals surface area contributed by atoms with E-state index in [9.17, 15) is 4.79 Å². The maximum atomic E-state index is 12.8. The number of carbonyl (C=O) groups excluding carboxylic acids is 1. The van der Waals surface area contributed by atoms with Gasteiger partial charge in [-0.05, 0) is 49.9 Å². The Bertz CT molecular complexity index is 909. The Morgan fingerprint density at radius 2 is 2.16 bits per heavy atom. The summed E-state index contributed by atoms with van der Waals surface area (Å²) in [7, 11) is 1.74. The molecule has 4 heteroatoms. The van der Waals surface area contributed by atoms with Gasteiger partial charge in [0, 0.05) is 30.1 Å². The van der Waals surface area contributed by atoms with Crippen molar-refractivity contribution >= 4 is 22.5 Å². The van der Waals surface area contributed by atoms with Crippen LogP contribution in [0.15, 0.2) is 30.3 Å². The van der Waals surface area contributed by atoms with Gasteiger partial charge in [0.2, 0.25) is 0 Å². The Balaban J connectivity index is 1.89. The fourth-order valence-electron chi connectivity index (χ4n) is 5.57. The van der Waals surface area contributed by atoms with E-state index in [-0.39, 0.29) is 11.3 Å². The second-order valence-electron chi connectivity index (χ2n) is 7.70. The Morgan fingerprint density at radius 1 is 1.32 bits per heavy atom. The molecule has 0 saturated carbocycles. The summed E-state index contributed by atoms with van der Waals surface area (Å²) in [4.78, 5) is 15.5. The number of piperidine rings is 1. The van der Waals surface area contributed by atoms with Crippen molar-refractivity contribution in [3.63, 3.8) is 0 Å². The summed E-state index contributed by atoms with van der Waals surface area (Å²) in [6.07, 6.45) is 6.86. The molecule has 25 heavy (non-hydrogen) atoms. The SMILES string of the molecule is CC[C@@]12C=C(C(=O)NC)n3c4c(c5ccccc53)CCN(CCC1)[C@H]42. The largest absolute Gasteiger partial charge is 0.354 e. The third-order valence-electron chi connectivity index (χ3n) is 6.71. The fraction of sp³-hybridized carbons (Fsp3) is 0.476. The standard InChI is InChI=1S/C21H25N3O/c1-3-21-10-6-11-23-12-9-15-14-7-4-5-8-16(14)24(18(15)19(21)23)17(13-21)20(25)22-2/h4-5,7-8,13,19H,3,6,9-12H2,1-2H3,(H,22,25)/t19-,21+/m1/s1. The van der Waals surface area contributed by atoms with Crippen molar-refractivity contribution in [2.75, 3.05) is 20.1 Å². The molecule has 0 bridgehead atoms. The van der Waals surface area contributed by atoms with E-state index in [1.54, 1.807) is 7.05 Å². The molecule has 130 valence electrons. The Kier molecular flexibility index (Phi) is 3.17. The third-order valence-corrected chi connectivity index (χ3v) is 6.71. The number of aromatic nitrogens is 1. The van der Waals surface area contributed by atoms with Crippen molar-refractivity contribution in [2.24, 2.45) is 5.41 Å². The van der Waals surface area contributed by atoms with Crippen LogP contribution in [0.4, 0.5) is 0 Å². The quantitative estimate of drug-likeness (QED) is 0.914. The van der Waals surface area contributed by atoms with Gasteiger partial charge in [0.05, 0.1) is 11.6 Å². The number of benzene rings is 1. The molecule has 0 aliphatic carbocycles. The lowest BCUT2D eigenvalue weighted by atomic mass is 9.66. The number of carbonyl (C=O) groups is 1. The average molecular weight is 335 g/mol. The molecule has 0 spiro atoms. The van der Waals surface area contributed by atoms with Gasteiger partial charge in [-0.25, -0.2) is 0 Å². The van der Waals surface area contributed by atoms with Crippen molar-refractivity contribution in [3.8, 4) is 0 Å². The topological polar surface area (TPSA) is 37.3 Å². The number of nitrogens with zero attached hydrogens (tertiary/aromatic N) is 2. The summed E-state index contributed by atoms with van der Waals surface area (Å²) in [6.45, 7) is 4.60. The molecular formula is C21H25N3O. The molecule has 1 amide bonds. The van der Waals surface area contributed by atoms with Crippen molar-refractivity contribution < 1.29 is 4.79 Å². The molecule has 3 aliphatic rings. The number of fused-ring (bicyclic) bond motifs is 3. The van der Waals surface area contributed by atoms with Crippen LogP contribution in [0.25, 0.3) is 16.6 Å². The summed E-state index contributed by atoms with van der Waals surface area (Å²) >= 11 is 0. The highest BCUT2D eigenvalue weighted by molar-refractivity contribution is 6.16. The number of likely N-dealkylation sites (N-methyl/N-ethyl adjacent to an activating group) is 1. The van der Waals surface area contributed by atoms with Crippen LogP contribution in [-0.4, -0.2) is 35.5 Å². The summed E-state index contributed by atoms with van der Waals surface area (Å²) in [5.74, 6) is 0.0255. The van der Waals surface area contributed by atoms with Crippen LogP contribution in [-0.2, 0) is 11.2 Å². The minimum absolute atomic E-state index is 0.0255. The van der Waals surface area contributed by atoms with E-state index in [0.29, 0.717) is 6.04 Å². The van der Waals surface area contributed by atoms with Crippen LogP contribution in [0, 0.1) is 5.41 Å². The maximum Gasteiger partial charge on any atom is 0.267 e. The smallest absolute Gasteiger partial charge is 0.267 e. The van der Waals surface area contributed by atoms with Crippen molar-refractivity contribution in [1.82, 2.24) is 14.8 Å². The zero-order valence-electron chi connectivity index (χ0n) is 15.0. The maximum absolute atomic E-state index is 12.8. The lowest BCUT2D eigenvalue weighted by Crippen LogP contribution is -2.51. The van der Waals surface area contributed by atoms with Crippen LogP contribution in [0.3, 0.4) is 0 Å². The first-order chi connectivity index (χ1) is 12.2. The molecule has 5 rings (SSSR count). The van der Waals surface area contributed by atoms with E-state index in [0.717, 1.165) is 25.1 Å². The Labute approximate surface area is 148 Å². The summed E-state index contributed by atoms with van der Waals surface area (Å²) in [5, 5.41) is 4.20. The Hall–Kier alpha value is -2.07. The molecule has 3 aliphatic heterocycles. The first kappa shape index (κ1) is 15.2. The van der Waals surface area contributed by atoms with Gasteiger partial charge in [0.25, 0.3) is 5.91 Å².